The molecule has 3 aliphatic rings. The molecule has 1 amide bonds. The molecule has 1 aromatic carbocycles. The first-order valence-corrected chi connectivity index (χ1v) is 9.93. The van der Waals surface area contributed by atoms with E-state index >= 15 is 0 Å². The fraction of sp³-hybridized carbons (Fsp3) is 0.579. The van der Waals surface area contributed by atoms with Gasteiger partial charge in [0.25, 0.3) is 0 Å². The summed E-state index contributed by atoms with van der Waals surface area (Å²) in [4.78, 5) is 30.0. The van der Waals surface area contributed by atoms with Crippen molar-refractivity contribution in [2.24, 2.45) is 0 Å². The van der Waals surface area contributed by atoms with Crippen LogP contribution >= 0.6 is 23.2 Å². The zero-order valence-electron chi connectivity index (χ0n) is 14.5. The van der Waals surface area contributed by atoms with Gasteiger partial charge in [-0.1, -0.05) is 23.2 Å². The number of halogens is 2. The summed E-state index contributed by atoms with van der Waals surface area (Å²) in [5, 5.41) is 0.735. The van der Waals surface area contributed by atoms with Crippen LogP contribution in [0.2, 0.25) is 10.0 Å². The van der Waals surface area contributed by atoms with Gasteiger partial charge in [-0.25, -0.2) is 0 Å². The summed E-state index contributed by atoms with van der Waals surface area (Å²) in [6.45, 7) is 4.66. The van der Waals surface area contributed by atoms with Crippen molar-refractivity contribution in [1.29, 1.82) is 0 Å². The van der Waals surface area contributed by atoms with Gasteiger partial charge >= 0.3 is 0 Å². The predicted molar refractivity (Wildman–Crippen MR) is 100 cm³/mol. The standard InChI is InChI=1S/C19H22Cl2N2O3/c20-16-7-13-14(8-17(16)21)18(24)9-15(13)19(25)23-5-6-26-11-12(23)10-22-3-1-2-4-22/h7-8,12,15H,1-6,9-11H2. The number of carbonyl (C=O) groups excluding carboxylic acids is 2. The summed E-state index contributed by atoms with van der Waals surface area (Å²) >= 11 is 12.2. The molecule has 2 saturated heterocycles. The molecule has 140 valence electrons. The lowest BCUT2D eigenvalue weighted by atomic mass is 9.98. The number of amides is 1. The first-order valence-electron chi connectivity index (χ1n) is 9.17. The molecule has 26 heavy (non-hydrogen) atoms. The zero-order valence-corrected chi connectivity index (χ0v) is 16.1. The second kappa shape index (κ2) is 7.47. The van der Waals surface area contributed by atoms with Gasteiger partial charge < -0.3 is 14.5 Å². The number of nitrogens with zero attached hydrogens (tertiary/aromatic N) is 2. The number of likely N-dealkylation sites (tertiary alicyclic amines) is 1. The molecule has 2 aliphatic heterocycles. The molecule has 2 fully saturated rings. The molecule has 7 heteroatoms. The van der Waals surface area contributed by atoms with E-state index in [1.165, 1.54) is 12.8 Å². The Morgan fingerprint density at radius 2 is 1.88 bits per heavy atom. The van der Waals surface area contributed by atoms with E-state index in [1.807, 2.05) is 4.90 Å². The Kier molecular flexibility index (Phi) is 5.24. The topological polar surface area (TPSA) is 49.9 Å². The fourth-order valence-corrected chi connectivity index (χ4v) is 4.61. The highest BCUT2D eigenvalue weighted by atomic mass is 35.5. The summed E-state index contributed by atoms with van der Waals surface area (Å²) in [6, 6.07) is 3.31. The molecule has 0 spiro atoms. The Labute approximate surface area is 163 Å². The average Bonchev–Trinajstić information content (AvgIpc) is 3.24. The van der Waals surface area contributed by atoms with Gasteiger partial charge in [0.05, 0.1) is 35.2 Å². The highest BCUT2D eigenvalue weighted by molar-refractivity contribution is 6.42. The predicted octanol–water partition coefficient (Wildman–Crippen LogP) is 2.99. The van der Waals surface area contributed by atoms with E-state index < -0.39 is 5.92 Å². The van der Waals surface area contributed by atoms with Crippen LogP contribution < -0.4 is 0 Å². The van der Waals surface area contributed by atoms with Gasteiger partial charge in [0.2, 0.25) is 5.91 Å². The number of benzene rings is 1. The van der Waals surface area contributed by atoms with Gasteiger partial charge in [0, 0.05) is 25.1 Å². The van der Waals surface area contributed by atoms with Crippen molar-refractivity contribution in [3.05, 3.63) is 33.3 Å². The Morgan fingerprint density at radius 1 is 1.15 bits per heavy atom. The average molecular weight is 397 g/mol. The molecule has 0 saturated carbocycles. The smallest absolute Gasteiger partial charge is 0.231 e. The monoisotopic (exact) mass is 396 g/mol. The van der Waals surface area contributed by atoms with E-state index in [-0.39, 0.29) is 24.2 Å². The van der Waals surface area contributed by atoms with E-state index in [1.54, 1.807) is 12.1 Å². The molecular formula is C19H22Cl2N2O3. The largest absolute Gasteiger partial charge is 0.377 e. The minimum atomic E-state index is -0.466. The lowest BCUT2D eigenvalue weighted by Crippen LogP contribution is -2.54. The van der Waals surface area contributed by atoms with Crippen LogP contribution in [0.25, 0.3) is 0 Å². The maximum Gasteiger partial charge on any atom is 0.231 e. The highest BCUT2D eigenvalue weighted by Crippen LogP contribution is 2.39. The Morgan fingerprint density at radius 3 is 2.65 bits per heavy atom. The van der Waals surface area contributed by atoms with Crippen LogP contribution in [0.1, 0.15) is 41.1 Å². The Balaban J connectivity index is 1.56. The number of rotatable bonds is 3. The lowest BCUT2D eigenvalue weighted by molar-refractivity contribution is -0.142. The summed E-state index contributed by atoms with van der Waals surface area (Å²) in [5.74, 6) is -0.504. The Bertz CT molecular complexity index is 734. The number of carbonyl (C=O) groups is 2. The van der Waals surface area contributed by atoms with Crippen LogP contribution in [-0.4, -0.2) is 66.9 Å². The van der Waals surface area contributed by atoms with Crippen LogP contribution in [0.3, 0.4) is 0 Å². The minimum Gasteiger partial charge on any atom is -0.377 e. The second-order valence-corrected chi connectivity index (χ2v) is 8.12. The van der Waals surface area contributed by atoms with E-state index in [4.69, 9.17) is 27.9 Å². The molecule has 5 nitrogen and oxygen atoms in total. The number of fused-ring (bicyclic) bond motifs is 1. The van der Waals surface area contributed by atoms with Crippen LogP contribution in [0.4, 0.5) is 0 Å². The third kappa shape index (κ3) is 3.38. The van der Waals surface area contributed by atoms with E-state index in [0.717, 1.165) is 19.6 Å². The number of ether oxygens (including phenoxy) is 1. The maximum atomic E-state index is 13.3. The molecule has 2 atom stereocenters. The van der Waals surface area contributed by atoms with E-state index in [9.17, 15) is 9.59 Å². The third-order valence-corrected chi connectivity index (χ3v) is 6.36. The quantitative estimate of drug-likeness (QED) is 0.787. The van der Waals surface area contributed by atoms with Gasteiger partial charge in [-0.05, 0) is 43.6 Å². The number of morpholine rings is 1. The molecule has 0 N–H and O–H groups in total. The molecule has 1 aromatic rings. The summed E-state index contributed by atoms with van der Waals surface area (Å²) in [5.41, 5.74) is 1.24. The molecular weight excluding hydrogens is 375 g/mol. The van der Waals surface area contributed by atoms with Crippen molar-refractivity contribution in [3.8, 4) is 0 Å². The number of hydrogen-bond donors (Lipinski definition) is 0. The molecule has 4 rings (SSSR count). The van der Waals surface area contributed by atoms with Crippen LogP contribution in [0.5, 0.6) is 0 Å². The fourth-order valence-electron chi connectivity index (χ4n) is 4.28. The lowest BCUT2D eigenvalue weighted by Gasteiger charge is -2.39. The van der Waals surface area contributed by atoms with Gasteiger partial charge in [0.15, 0.2) is 5.78 Å². The first kappa shape index (κ1) is 18.2. The van der Waals surface area contributed by atoms with Gasteiger partial charge in [-0.2, -0.15) is 0 Å². The van der Waals surface area contributed by atoms with Gasteiger partial charge in [0.1, 0.15) is 0 Å². The van der Waals surface area contributed by atoms with Crippen molar-refractivity contribution in [2.75, 3.05) is 39.4 Å². The number of ketones is 1. The van der Waals surface area contributed by atoms with Crippen molar-refractivity contribution in [1.82, 2.24) is 9.80 Å². The maximum absolute atomic E-state index is 13.3. The van der Waals surface area contributed by atoms with Crippen molar-refractivity contribution in [3.63, 3.8) is 0 Å². The van der Waals surface area contributed by atoms with Crippen LogP contribution in [0.15, 0.2) is 12.1 Å². The highest BCUT2D eigenvalue weighted by Gasteiger charge is 2.40. The van der Waals surface area contributed by atoms with Crippen LogP contribution in [-0.2, 0) is 9.53 Å². The Hall–Kier alpha value is -1.14. The van der Waals surface area contributed by atoms with Gasteiger partial charge in [-0.3, -0.25) is 9.59 Å². The van der Waals surface area contributed by atoms with E-state index in [2.05, 4.69) is 4.90 Å². The number of Topliss-reactive ketones (excluding diaryl/α,β-unsaturated/α-hetero) is 1. The minimum absolute atomic E-state index is 0.00276. The molecule has 2 heterocycles. The van der Waals surface area contributed by atoms with Crippen molar-refractivity contribution < 1.29 is 14.3 Å². The molecule has 0 aromatic heterocycles. The molecule has 0 radical (unpaired) electrons. The molecule has 0 bridgehead atoms. The van der Waals surface area contributed by atoms with Gasteiger partial charge in [-0.15, -0.1) is 0 Å². The molecule has 2 unspecified atom stereocenters. The summed E-state index contributed by atoms with van der Waals surface area (Å²) < 4.78 is 5.63. The normalized spacial score (nSPS) is 26.4. The van der Waals surface area contributed by atoms with Crippen LogP contribution in [0, 0.1) is 0 Å². The molecule has 1 aliphatic carbocycles. The zero-order chi connectivity index (χ0) is 18.3. The summed E-state index contributed by atoms with van der Waals surface area (Å²) in [7, 11) is 0. The second-order valence-electron chi connectivity index (χ2n) is 7.30. The first-order chi connectivity index (χ1) is 12.5. The number of hydrogen-bond acceptors (Lipinski definition) is 4. The third-order valence-electron chi connectivity index (χ3n) is 5.63. The van der Waals surface area contributed by atoms with E-state index in [0.29, 0.717) is 40.9 Å². The van der Waals surface area contributed by atoms with Crippen molar-refractivity contribution in [2.45, 2.75) is 31.2 Å². The summed E-state index contributed by atoms with van der Waals surface area (Å²) in [6.07, 6.45) is 2.62. The van der Waals surface area contributed by atoms with Crippen molar-refractivity contribution >= 4 is 34.9 Å². The SMILES string of the molecule is O=C1CC(C(=O)N2CCOCC2CN2CCCC2)c2cc(Cl)c(Cl)cc21.